The number of nitrogens with one attached hydrogen (secondary N) is 1. The van der Waals surface area contributed by atoms with E-state index in [9.17, 15) is 0 Å². The molecular weight excluding hydrogens is 334 g/mol. The number of hydrogen-bond acceptors (Lipinski definition) is 3. The highest BCUT2D eigenvalue weighted by Gasteiger charge is 2.41. The van der Waals surface area contributed by atoms with Gasteiger partial charge in [-0.25, -0.2) is 0 Å². The lowest BCUT2D eigenvalue weighted by Crippen LogP contribution is -2.46. The van der Waals surface area contributed by atoms with Crippen LogP contribution < -0.4 is 14.8 Å². The highest BCUT2D eigenvalue weighted by atomic mass is 16.5. The molecule has 0 aromatic heterocycles. The van der Waals surface area contributed by atoms with Crippen LogP contribution in [0.25, 0.3) is 0 Å². The van der Waals surface area contributed by atoms with Gasteiger partial charge in [-0.05, 0) is 54.5 Å². The number of ether oxygens (including phenoxy) is 2. The van der Waals surface area contributed by atoms with Gasteiger partial charge in [0.1, 0.15) is 0 Å². The predicted octanol–water partition coefficient (Wildman–Crippen LogP) is 5.18. The van der Waals surface area contributed by atoms with Gasteiger partial charge in [0.05, 0.1) is 14.2 Å². The summed E-state index contributed by atoms with van der Waals surface area (Å²) >= 11 is 0. The van der Waals surface area contributed by atoms with Crippen molar-refractivity contribution in [1.82, 2.24) is 5.32 Å². The van der Waals surface area contributed by atoms with E-state index in [0.717, 1.165) is 30.9 Å². The largest absolute Gasteiger partial charge is 0.493 e. The van der Waals surface area contributed by atoms with E-state index in [4.69, 9.17) is 9.47 Å². The van der Waals surface area contributed by atoms with Crippen molar-refractivity contribution in [1.29, 1.82) is 0 Å². The van der Waals surface area contributed by atoms with E-state index in [-0.39, 0.29) is 5.41 Å². The second-order valence-corrected chi connectivity index (χ2v) is 8.09. The quantitative estimate of drug-likeness (QED) is 0.792. The first-order chi connectivity index (χ1) is 13.3. The SMILES string of the molecule is COc1cc2c(cc1OC)C1(CCCCC1)CNC2CCc1ccccc1. The van der Waals surface area contributed by atoms with Crippen LogP contribution in [-0.4, -0.2) is 20.8 Å². The van der Waals surface area contributed by atoms with Crippen LogP contribution in [0, 0.1) is 0 Å². The highest BCUT2D eigenvalue weighted by Crippen LogP contribution is 2.48. The van der Waals surface area contributed by atoms with Gasteiger partial charge >= 0.3 is 0 Å². The summed E-state index contributed by atoms with van der Waals surface area (Å²) in [5, 5.41) is 3.90. The van der Waals surface area contributed by atoms with E-state index in [0.29, 0.717) is 6.04 Å². The van der Waals surface area contributed by atoms with Crippen molar-refractivity contribution in [3.05, 3.63) is 59.2 Å². The Morgan fingerprint density at radius 1 is 0.963 bits per heavy atom. The van der Waals surface area contributed by atoms with Crippen molar-refractivity contribution in [3.63, 3.8) is 0 Å². The second-order valence-electron chi connectivity index (χ2n) is 8.09. The van der Waals surface area contributed by atoms with Crippen LogP contribution in [0.4, 0.5) is 0 Å². The molecule has 0 saturated heterocycles. The smallest absolute Gasteiger partial charge is 0.161 e. The molecule has 2 aliphatic rings. The summed E-state index contributed by atoms with van der Waals surface area (Å²) in [6.45, 7) is 1.08. The Labute approximate surface area is 163 Å². The normalized spacial score (nSPS) is 20.9. The summed E-state index contributed by atoms with van der Waals surface area (Å²) in [7, 11) is 3.47. The molecule has 1 aliphatic heterocycles. The molecular formula is C24H31NO2. The van der Waals surface area contributed by atoms with Gasteiger partial charge in [0, 0.05) is 18.0 Å². The first-order valence-electron chi connectivity index (χ1n) is 10.3. The van der Waals surface area contributed by atoms with Crippen molar-refractivity contribution < 1.29 is 9.47 Å². The first kappa shape index (κ1) is 18.4. The van der Waals surface area contributed by atoms with Crippen LogP contribution in [0.3, 0.4) is 0 Å². The van der Waals surface area contributed by atoms with Crippen molar-refractivity contribution >= 4 is 0 Å². The van der Waals surface area contributed by atoms with Gasteiger partial charge in [-0.3, -0.25) is 0 Å². The van der Waals surface area contributed by atoms with Crippen LogP contribution >= 0.6 is 0 Å². The molecule has 0 bridgehead atoms. The number of hydrogen-bond donors (Lipinski definition) is 1. The monoisotopic (exact) mass is 365 g/mol. The Bertz CT molecular complexity index is 765. The summed E-state index contributed by atoms with van der Waals surface area (Å²) < 4.78 is 11.3. The maximum Gasteiger partial charge on any atom is 0.161 e. The fraction of sp³-hybridized carbons (Fsp3) is 0.500. The topological polar surface area (TPSA) is 30.5 Å². The molecule has 2 aromatic carbocycles. The van der Waals surface area contributed by atoms with Crippen molar-refractivity contribution in [3.8, 4) is 11.5 Å². The molecule has 2 aromatic rings. The molecule has 1 spiro atoms. The minimum Gasteiger partial charge on any atom is -0.493 e. The zero-order valence-electron chi connectivity index (χ0n) is 16.6. The van der Waals surface area contributed by atoms with Gasteiger partial charge in [-0.15, -0.1) is 0 Å². The van der Waals surface area contributed by atoms with Crippen molar-refractivity contribution in [2.75, 3.05) is 20.8 Å². The fourth-order valence-electron chi connectivity index (χ4n) is 5.05. The van der Waals surface area contributed by atoms with Crippen LogP contribution in [-0.2, 0) is 11.8 Å². The fourth-order valence-corrected chi connectivity index (χ4v) is 5.05. The Morgan fingerprint density at radius 3 is 2.37 bits per heavy atom. The van der Waals surface area contributed by atoms with E-state index >= 15 is 0 Å². The molecule has 1 unspecified atom stereocenters. The molecule has 144 valence electrons. The number of methoxy groups -OCH3 is 2. The van der Waals surface area contributed by atoms with Gasteiger partial charge in [0.15, 0.2) is 11.5 Å². The van der Waals surface area contributed by atoms with Crippen LogP contribution in [0.1, 0.15) is 61.3 Å². The molecule has 4 rings (SSSR count). The van der Waals surface area contributed by atoms with Crippen LogP contribution in [0.15, 0.2) is 42.5 Å². The van der Waals surface area contributed by atoms with Crippen molar-refractivity contribution in [2.24, 2.45) is 0 Å². The van der Waals surface area contributed by atoms with Crippen LogP contribution in [0.5, 0.6) is 11.5 Å². The van der Waals surface area contributed by atoms with Gasteiger partial charge in [0.2, 0.25) is 0 Å². The predicted molar refractivity (Wildman–Crippen MR) is 110 cm³/mol. The lowest BCUT2D eigenvalue weighted by molar-refractivity contribution is 0.242. The maximum absolute atomic E-state index is 5.66. The Kier molecular flexibility index (Phi) is 5.40. The van der Waals surface area contributed by atoms with E-state index < -0.39 is 0 Å². The molecule has 0 radical (unpaired) electrons. The molecule has 0 amide bonds. The molecule has 1 N–H and O–H groups in total. The Balaban J connectivity index is 1.68. The minimum absolute atomic E-state index is 0.260. The molecule has 3 nitrogen and oxygen atoms in total. The lowest BCUT2D eigenvalue weighted by Gasteiger charge is -2.45. The first-order valence-corrected chi connectivity index (χ1v) is 10.3. The van der Waals surface area contributed by atoms with Gasteiger partial charge < -0.3 is 14.8 Å². The number of benzene rings is 2. The number of aryl methyl sites for hydroxylation is 1. The van der Waals surface area contributed by atoms with Crippen molar-refractivity contribution in [2.45, 2.75) is 56.4 Å². The molecule has 1 heterocycles. The average Bonchev–Trinajstić information content (AvgIpc) is 2.74. The molecule has 27 heavy (non-hydrogen) atoms. The third-order valence-corrected chi connectivity index (χ3v) is 6.56. The van der Waals surface area contributed by atoms with E-state index in [1.54, 1.807) is 14.2 Å². The van der Waals surface area contributed by atoms with Crippen LogP contribution in [0.2, 0.25) is 0 Å². The van der Waals surface area contributed by atoms with Gasteiger partial charge in [-0.1, -0.05) is 49.6 Å². The lowest BCUT2D eigenvalue weighted by atomic mass is 9.65. The molecule has 1 fully saturated rings. The summed E-state index contributed by atoms with van der Waals surface area (Å²) in [6.07, 6.45) is 8.74. The standard InChI is InChI=1S/C24H31NO2/c1-26-22-15-19-20(16-23(22)27-2)24(13-7-4-8-14-24)17-25-21(19)12-11-18-9-5-3-6-10-18/h3,5-6,9-10,15-16,21,25H,4,7-8,11-14,17H2,1-2H3. The molecule has 3 heteroatoms. The number of rotatable bonds is 5. The molecule has 1 atom stereocenters. The van der Waals surface area contributed by atoms with E-state index in [1.807, 2.05) is 0 Å². The minimum atomic E-state index is 0.260. The van der Waals surface area contributed by atoms with Gasteiger partial charge in [0.25, 0.3) is 0 Å². The Morgan fingerprint density at radius 2 is 1.67 bits per heavy atom. The maximum atomic E-state index is 5.66. The zero-order valence-corrected chi connectivity index (χ0v) is 16.6. The van der Waals surface area contributed by atoms with Gasteiger partial charge in [-0.2, -0.15) is 0 Å². The summed E-state index contributed by atoms with van der Waals surface area (Å²) in [6, 6.07) is 15.7. The molecule has 1 saturated carbocycles. The Hall–Kier alpha value is -2.00. The summed E-state index contributed by atoms with van der Waals surface area (Å²) in [5.74, 6) is 1.71. The molecule has 1 aliphatic carbocycles. The van der Waals surface area contributed by atoms with E-state index in [2.05, 4.69) is 47.8 Å². The summed E-state index contributed by atoms with van der Waals surface area (Å²) in [5.41, 5.74) is 4.57. The third-order valence-electron chi connectivity index (χ3n) is 6.56. The average molecular weight is 366 g/mol. The summed E-state index contributed by atoms with van der Waals surface area (Å²) in [4.78, 5) is 0. The number of fused-ring (bicyclic) bond motifs is 2. The zero-order chi connectivity index (χ0) is 18.7. The highest BCUT2D eigenvalue weighted by molar-refractivity contribution is 5.52. The second kappa shape index (κ2) is 7.93. The third kappa shape index (κ3) is 3.58. The van der Waals surface area contributed by atoms with E-state index in [1.165, 1.54) is 48.8 Å².